The van der Waals surface area contributed by atoms with Crippen LogP contribution in [0.1, 0.15) is 22.2 Å². The number of amidine groups is 1. The second-order valence-corrected chi connectivity index (χ2v) is 7.21. The molecule has 2 aromatic rings. The van der Waals surface area contributed by atoms with Crippen LogP contribution in [0.15, 0.2) is 40.6 Å². The summed E-state index contributed by atoms with van der Waals surface area (Å²) in [7, 11) is 0. The summed E-state index contributed by atoms with van der Waals surface area (Å²) in [4.78, 5) is 21.4. The molecule has 0 saturated carbocycles. The Morgan fingerprint density at radius 3 is 2.88 bits per heavy atom. The lowest BCUT2D eigenvalue weighted by Gasteiger charge is -2.17. The summed E-state index contributed by atoms with van der Waals surface area (Å²) in [6, 6.07) is 5.45. The van der Waals surface area contributed by atoms with Crippen LogP contribution in [0.5, 0.6) is 0 Å². The number of benzene rings is 1. The van der Waals surface area contributed by atoms with Gasteiger partial charge in [-0.1, -0.05) is 46.7 Å². The minimum atomic E-state index is -0.268. The van der Waals surface area contributed by atoms with Crippen molar-refractivity contribution in [3.05, 3.63) is 51.1 Å². The molecule has 0 spiro atoms. The predicted molar refractivity (Wildman–Crippen MR) is 104 cm³/mol. The SMILES string of the molecule is Cc1cccc(Cl)c1NC(=O)c1cnc(NC2=NC(C)NC(Cl)=C2)s1. The van der Waals surface area contributed by atoms with Gasteiger partial charge in [0.2, 0.25) is 0 Å². The van der Waals surface area contributed by atoms with E-state index in [1.165, 1.54) is 17.5 Å². The number of halogens is 2. The van der Waals surface area contributed by atoms with Gasteiger partial charge in [-0.2, -0.15) is 0 Å². The molecular formula is C16H15Cl2N5OS. The summed E-state index contributed by atoms with van der Waals surface area (Å²) in [5.41, 5.74) is 1.49. The van der Waals surface area contributed by atoms with Gasteiger partial charge < -0.3 is 16.0 Å². The number of aromatic nitrogens is 1. The largest absolute Gasteiger partial charge is 0.354 e. The Kier molecular flexibility index (Phi) is 5.27. The molecule has 0 aliphatic carbocycles. The highest BCUT2D eigenvalue weighted by Gasteiger charge is 2.15. The zero-order valence-electron chi connectivity index (χ0n) is 13.4. The Morgan fingerprint density at radius 2 is 2.16 bits per heavy atom. The van der Waals surface area contributed by atoms with Crippen molar-refractivity contribution < 1.29 is 4.79 Å². The fourth-order valence-electron chi connectivity index (χ4n) is 2.22. The number of rotatable bonds is 3. The molecule has 1 aliphatic heterocycles. The van der Waals surface area contributed by atoms with Crippen LogP contribution >= 0.6 is 34.5 Å². The molecule has 1 aromatic carbocycles. The Labute approximate surface area is 159 Å². The topological polar surface area (TPSA) is 78.4 Å². The third kappa shape index (κ3) is 4.31. The van der Waals surface area contributed by atoms with Crippen LogP contribution in [0.25, 0.3) is 0 Å². The first-order valence-corrected chi connectivity index (χ1v) is 9.00. The number of nitrogens with one attached hydrogen (secondary N) is 3. The summed E-state index contributed by atoms with van der Waals surface area (Å²) in [6.45, 7) is 3.76. The second kappa shape index (κ2) is 7.43. The first-order chi connectivity index (χ1) is 11.9. The van der Waals surface area contributed by atoms with E-state index in [4.69, 9.17) is 23.2 Å². The van der Waals surface area contributed by atoms with Crippen molar-refractivity contribution in [2.45, 2.75) is 20.0 Å². The van der Waals surface area contributed by atoms with Gasteiger partial charge in [-0.3, -0.25) is 4.79 Å². The van der Waals surface area contributed by atoms with Crippen LogP contribution in [0.4, 0.5) is 10.8 Å². The Balaban J connectivity index is 1.72. The highest BCUT2D eigenvalue weighted by molar-refractivity contribution is 7.17. The van der Waals surface area contributed by atoms with Crippen LogP contribution < -0.4 is 16.0 Å². The van der Waals surface area contributed by atoms with E-state index < -0.39 is 0 Å². The number of aliphatic imine (C=N–C) groups is 1. The number of hydrogen-bond acceptors (Lipinski definition) is 6. The van der Waals surface area contributed by atoms with Gasteiger partial charge in [-0.15, -0.1) is 0 Å². The molecule has 1 amide bonds. The number of amides is 1. The number of carbonyl (C=O) groups is 1. The fourth-order valence-corrected chi connectivity index (χ4v) is 3.47. The third-order valence-corrected chi connectivity index (χ3v) is 4.81. The van der Waals surface area contributed by atoms with Gasteiger partial charge in [0.1, 0.15) is 22.0 Å². The Hall–Kier alpha value is -2.09. The predicted octanol–water partition coefficient (Wildman–Crippen LogP) is 4.20. The second-order valence-electron chi connectivity index (χ2n) is 5.37. The lowest BCUT2D eigenvalue weighted by molar-refractivity contribution is 0.103. The van der Waals surface area contributed by atoms with E-state index in [0.717, 1.165) is 5.56 Å². The van der Waals surface area contributed by atoms with Gasteiger partial charge in [0.05, 0.1) is 16.9 Å². The number of carbonyl (C=O) groups excluding carboxylic acids is 1. The minimum Gasteiger partial charge on any atom is -0.354 e. The van der Waals surface area contributed by atoms with E-state index in [-0.39, 0.29) is 12.1 Å². The minimum absolute atomic E-state index is 0.133. The van der Waals surface area contributed by atoms with E-state index >= 15 is 0 Å². The number of anilines is 2. The molecule has 1 aliphatic rings. The first kappa shape index (κ1) is 17.7. The molecule has 3 N–H and O–H groups in total. The Bertz CT molecular complexity index is 857. The molecule has 25 heavy (non-hydrogen) atoms. The monoisotopic (exact) mass is 395 g/mol. The van der Waals surface area contributed by atoms with Gasteiger partial charge in [0.15, 0.2) is 5.13 Å². The fraction of sp³-hybridized carbons (Fsp3) is 0.188. The summed E-state index contributed by atoms with van der Waals surface area (Å²) >= 11 is 13.3. The molecule has 1 atom stereocenters. The average molecular weight is 396 g/mol. The van der Waals surface area contributed by atoms with Gasteiger partial charge in [-0.05, 0) is 25.5 Å². The zero-order chi connectivity index (χ0) is 18.0. The summed E-state index contributed by atoms with van der Waals surface area (Å²) in [5, 5.41) is 10.4. The van der Waals surface area contributed by atoms with Crippen molar-refractivity contribution in [1.82, 2.24) is 10.3 Å². The van der Waals surface area contributed by atoms with Crippen LogP contribution in [-0.4, -0.2) is 22.9 Å². The van der Waals surface area contributed by atoms with Crippen molar-refractivity contribution in [2.75, 3.05) is 10.6 Å². The smallest absolute Gasteiger partial charge is 0.267 e. The maximum absolute atomic E-state index is 12.4. The summed E-state index contributed by atoms with van der Waals surface area (Å²) < 4.78 is 0. The molecule has 130 valence electrons. The number of thiazole rings is 1. The summed E-state index contributed by atoms with van der Waals surface area (Å²) in [5.74, 6) is 0.315. The first-order valence-electron chi connectivity index (χ1n) is 7.43. The van der Waals surface area contributed by atoms with E-state index in [9.17, 15) is 4.79 Å². The van der Waals surface area contributed by atoms with Crippen LogP contribution in [0, 0.1) is 6.92 Å². The van der Waals surface area contributed by atoms with Crippen molar-refractivity contribution in [3.8, 4) is 0 Å². The number of aryl methyl sites for hydroxylation is 1. The van der Waals surface area contributed by atoms with Crippen molar-refractivity contribution in [3.63, 3.8) is 0 Å². The molecule has 0 fully saturated rings. The van der Waals surface area contributed by atoms with Crippen molar-refractivity contribution in [2.24, 2.45) is 4.99 Å². The maximum Gasteiger partial charge on any atom is 0.267 e. The van der Waals surface area contributed by atoms with Gasteiger partial charge >= 0.3 is 0 Å². The normalized spacial score (nSPS) is 16.6. The molecule has 1 aromatic heterocycles. The molecule has 0 saturated heterocycles. The molecule has 2 heterocycles. The maximum atomic E-state index is 12.4. The molecule has 6 nitrogen and oxygen atoms in total. The zero-order valence-corrected chi connectivity index (χ0v) is 15.8. The number of hydrogen-bond donors (Lipinski definition) is 3. The molecule has 3 rings (SSSR count). The average Bonchev–Trinajstić information content (AvgIpc) is 2.98. The molecule has 1 unspecified atom stereocenters. The highest BCUT2D eigenvalue weighted by atomic mass is 35.5. The highest BCUT2D eigenvalue weighted by Crippen LogP contribution is 2.27. The van der Waals surface area contributed by atoms with E-state index in [2.05, 4.69) is 25.9 Å². The quantitative estimate of drug-likeness (QED) is 0.680. The third-order valence-electron chi connectivity index (χ3n) is 3.37. The molecule has 0 bridgehead atoms. The molecule has 9 heteroatoms. The van der Waals surface area contributed by atoms with Crippen molar-refractivity contribution in [1.29, 1.82) is 0 Å². The lowest BCUT2D eigenvalue weighted by atomic mass is 10.2. The van der Waals surface area contributed by atoms with E-state index in [1.807, 2.05) is 26.0 Å². The van der Waals surface area contributed by atoms with Crippen LogP contribution in [-0.2, 0) is 0 Å². The number of nitrogens with zero attached hydrogens (tertiary/aromatic N) is 2. The van der Waals surface area contributed by atoms with Gasteiger partial charge in [0, 0.05) is 6.08 Å². The van der Waals surface area contributed by atoms with E-state index in [1.54, 1.807) is 12.1 Å². The number of para-hydroxylation sites is 1. The van der Waals surface area contributed by atoms with Gasteiger partial charge in [-0.25, -0.2) is 9.98 Å². The van der Waals surface area contributed by atoms with Crippen molar-refractivity contribution >= 4 is 57.1 Å². The molecular weight excluding hydrogens is 381 g/mol. The van der Waals surface area contributed by atoms with Gasteiger partial charge in [0.25, 0.3) is 5.91 Å². The van der Waals surface area contributed by atoms with Crippen LogP contribution in [0.3, 0.4) is 0 Å². The van der Waals surface area contributed by atoms with E-state index in [0.29, 0.717) is 31.7 Å². The lowest BCUT2D eigenvalue weighted by Crippen LogP contribution is -2.29. The molecule has 0 radical (unpaired) electrons. The standard InChI is InChI=1S/C16H15Cl2N5OS/c1-8-4-3-5-10(17)14(8)23-15(24)11-7-19-16(25-11)22-13-6-12(18)20-9(2)21-13/h3-7,9,20H,1-2H3,(H,23,24)(H,19,21,22). The summed E-state index contributed by atoms with van der Waals surface area (Å²) in [6.07, 6.45) is 3.03. The van der Waals surface area contributed by atoms with Crippen LogP contribution in [0.2, 0.25) is 5.02 Å². The Morgan fingerprint density at radius 1 is 1.36 bits per heavy atom.